The number of nitrogens with one attached hydrogen (secondary N) is 1. The highest BCUT2D eigenvalue weighted by molar-refractivity contribution is 5.82. The maximum Gasteiger partial charge on any atom is 0.239 e. The van der Waals surface area contributed by atoms with Gasteiger partial charge >= 0.3 is 0 Å². The van der Waals surface area contributed by atoms with E-state index in [2.05, 4.69) is 40.2 Å². The molecule has 28 heavy (non-hydrogen) atoms. The van der Waals surface area contributed by atoms with Crippen LogP contribution in [0.2, 0.25) is 0 Å². The number of carbonyl (C=O) groups excluding carboxylic acids is 1. The van der Waals surface area contributed by atoms with Crippen molar-refractivity contribution in [1.29, 1.82) is 0 Å². The molecule has 1 atom stereocenters. The molecule has 0 aliphatic carbocycles. The third-order valence-electron chi connectivity index (χ3n) is 5.27. The van der Waals surface area contributed by atoms with E-state index in [4.69, 9.17) is 0 Å². The highest BCUT2D eigenvalue weighted by Gasteiger charge is 2.19. The Hall–Kier alpha value is -2.56. The van der Waals surface area contributed by atoms with Crippen molar-refractivity contribution in [1.82, 2.24) is 5.32 Å². The standard InChI is InChI=1S/C23H30FN3O/c1-3-26(21-13-11-20(24)12-14-21)16-18(2)25-23(28)17-27-15-7-6-9-19-8-4-5-10-22(19)27/h4-5,8,10-14,18H,3,6-7,9,15-17H2,1-2H3,(H,25,28)/t18-/m0/s1. The van der Waals surface area contributed by atoms with Gasteiger partial charge in [-0.05, 0) is 69.0 Å². The van der Waals surface area contributed by atoms with Crippen LogP contribution in [0.5, 0.6) is 0 Å². The number of para-hydroxylation sites is 1. The van der Waals surface area contributed by atoms with Crippen molar-refractivity contribution in [2.45, 2.75) is 39.2 Å². The number of aryl methyl sites for hydroxylation is 1. The van der Waals surface area contributed by atoms with Crippen molar-refractivity contribution in [3.8, 4) is 0 Å². The lowest BCUT2D eigenvalue weighted by Crippen LogP contribution is -2.46. The Labute approximate surface area is 167 Å². The van der Waals surface area contributed by atoms with Gasteiger partial charge in [0, 0.05) is 37.1 Å². The number of anilines is 2. The van der Waals surface area contributed by atoms with E-state index in [1.54, 1.807) is 12.1 Å². The molecule has 5 heteroatoms. The summed E-state index contributed by atoms with van der Waals surface area (Å²) in [5.41, 5.74) is 3.48. The number of amides is 1. The molecule has 150 valence electrons. The number of carbonyl (C=O) groups is 1. The van der Waals surface area contributed by atoms with Crippen LogP contribution in [0.4, 0.5) is 15.8 Å². The molecule has 0 spiro atoms. The van der Waals surface area contributed by atoms with Crippen LogP contribution in [0.25, 0.3) is 0 Å². The quantitative estimate of drug-likeness (QED) is 0.785. The Kier molecular flexibility index (Phi) is 6.90. The highest BCUT2D eigenvalue weighted by Crippen LogP contribution is 2.25. The fraction of sp³-hybridized carbons (Fsp3) is 0.435. The molecule has 0 fully saturated rings. The van der Waals surface area contributed by atoms with Gasteiger partial charge in [0.05, 0.1) is 6.54 Å². The van der Waals surface area contributed by atoms with Crippen molar-refractivity contribution in [3.63, 3.8) is 0 Å². The van der Waals surface area contributed by atoms with Gasteiger partial charge < -0.3 is 15.1 Å². The average molecular weight is 384 g/mol. The number of nitrogens with zero attached hydrogens (tertiary/aromatic N) is 2. The Balaban J connectivity index is 1.57. The van der Waals surface area contributed by atoms with Crippen molar-refractivity contribution in [3.05, 3.63) is 59.9 Å². The zero-order valence-electron chi connectivity index (χ0n) is 16.8. The lowest BCUT2D eigenvalue weighted by atomic mass is 10.1. The summed E-state index contributed by atoms with van der Waals surface area (Å²) in [6.45, 7) is 6.85. The summed E-state index contributed by atoms with van der Waals surface area (Å²) >= 11 is 0. The van der Waals surface area contributed by atoms with Crippen LogP contribution >= 0.6 is 0 Å². The maximum atomic E-state index is 13.2. The lowest BCUT2D eigenvalue weighted by molar-refractivity contribution is -0.120. The summed E-state index contributed by atoms with van der Waals surface area (Å²) in [6.07, 6.45) is 3.34. The van der Waals surface area contributed by atoms with Crippen molar-refractivity contribution < 1.29 is 9.18 Å². The van der Waals surface area contributed by atoms with E-state index in [-0.39, 0.29) is 17.8 Å². The Morgan fingerprint density at radius 1 is 1.18 bits per heavy atom. The monoisotopic (exact) mass is 383 g/mol. The predicted molar refractivity (Wildman–Crippen MR) is 113 cm³/mol. The molecule has 0 saturated heterocycles. The molecule has 1 heterocycles. The van der Waals surface area contributed by atoms with E-state index in [0.29, 0.717) is 13.1 Å². The molecular weight excluding hydrogens is 353 g/mol. The second-order valence-corrected chi connectivity index (χ2v) is 7.49. The summed E-state index contributed by atoms with van der Waals surface area (Å²) in [5, 5.41) is 3.13. The Bertz CT molecular complexity index is 778. The lowest BCUT2D eigenvalue weighted by Gasteiger charge is -2.29. The Morgan fingerprint density at radius 2 is 1.93 bits per heavy atom. The summed E-state index contributed by atoms with van der Waals surface area (Å²) in [7, 11) is 0. The van der Waals surface area contributed by atoms with E-state index in [9.17, 15) is 9.18 Å². The third kappa shape index (κ3) is 5.24. The summed E-state index contributed by atoms with van der Waals surface area (Å²) < 4.78 is 13.2. The number of rotatable bonds is 7. The molecule has 1 amide bonds. The summed E-state index contributed by atoms with van der Waals surface area (Å²) in [5.74, 6) is -0.196. The second kappa shape index (κ2) is 9.58. The van der Waals surface area contributed by atoms with Gasteiger partial charge in [-0.2, -0.15) is 0 Å². The van der Waals surface area contributed by atoms with E-state index < -0.39 is 0 Å². The minimum Gasteiger partial charge on any atom is -0.370 e. The van der Waals surface area contributed by atoms with E-state index in [1.807, 2.05) is 13.0 Å². The van der Waals surface area contributed by atoms with Gasteiger partial charge in [-0.15, -0.1) is 0 Å². The van der Waals surface area contributed by atoms with E-state index >= 15 is 0 Å². The first-order valence-electron chi connectivity index (χ1n) is 10.2. The number of fused-ring (bicyclic) bond motifs is 1. The largest absolute Gasteiger partial charge is 0.370 e. The molecule has 1 N–H and O–H groups in total. The first-order chi connectivity index (χ1) is 13.6. The molecule has 0 bridgehead atoms. The van der Waals surface area contributed by atoms with Gasteiger partial charge in [0.25, 0.3) is 0 Å². The van der Waals surface area contributed by atoms with Gasteiger partial charge in [-0.3, -0.25) is 4.79 Å². The molecule has 0 radical (unpaired) electrons. The first kappa shape index (κ1) is 20.2. The fourth-order valence-corrected chi connectivity index (χ4v) is 3.87. The normalized spacial score (nSPS) is 14.8. The zero-order valence-corrected chi connectivity index (χ0v) is 16.8. The van der Waals surface area contributed by atoms with Crippen LogP contribution in [0.1, 0.15) is 32.3 Å². The molecule has 1 aliphatic rings. The minimum absolute atomic E-state index is 0.000255. The van der Waals surface area contributed by atoms with Gasteiger partial charge in [-0.25, -0.2) is 4.39 Å². The number of hydrogen-bond donors (Lipinski definition) is 1. The SMILES string of the molecule is CCN(C[C@H](C)NC(=O)CN1CCCCc2ccccc21)c1ccc(F)cc1. The van der Waals surface area contributed by atoms with Crippen LogP contribution in [-0.2, 0) is 11.2 Å². The fourth-order valence-electron chi connectivity index (χ4n) is 3.87. The summed E-state index contributed by atoms with van der Waals surface area (Å²) in [6, 6.07) is 14.9. The molecule has 2 aromatic rings. The zero-order chi connectivity index (χ0) is 19.9. The predicted octanol–water partition coefficient (Wildman–Crippen LogP) is 4.00. The summed E-state index contributed by atoms with van der Waals surface area (Å²) in [4.78, 5) is 17.0. The van der Waals surface area contributed by atoms with Gasteiger partial charge in [-0.1, -0.05) is 18.2 Å². The van der Waals surface area contributed by atoms with Crippen molar-refractivity contribution >= 4 is 17.3 Å². The highest BCUT2D eigenvalue weighted by atomic mass is 19.1. The maximum absolute atomic E-state index is 13.2. The number of hydrogen-bond acceptors (Lipinski definition) is 3. The van der Waals surface area contributed by atoms with Crippen molar-refractivity contribution in [2.24, 2.45) is 0 Å². The average Bonchev–Trinajstić information content (AvgIpc) is 2.89. The number of benzene rings is 2. The first-order valence-corrected chi connectivity index (χ1v) is 10.2. The van der Waals surface area contributed by atoms with Crippen molar-refractivity contribution in [2.75, 3.05) is 36.0 Å². The van der Waals surface area contributed by atoms with Crippen LogP contribution < -0.4 is 15.1 Å². The molecule has 0 aromatic heterocycles. The molecule has 4 nitrogen and oxygen atoms in total. The van der Waals surface area contributed by atoms with Crippen LogP contribution in [0.3, 0.4) is 0 Å². The van der Waals surface area contributed by atoms with Gasteiger partial charge in [0.1, 0.15) is 5.82 Å². The van der Waals surface area contributed by atoms with Gasteiger partial charge in [0.2, 0.25) is 5.91 Å². The molecule has 0 unspecified atom stereocenters. The van der Waals surface area contributed by atoms with Crippen LogP contribution in [0, 0.1) is 5.82 Å². The minimum atomic E-state index is -0.237. The van der Waals surface area contributed by atoms with E-state index in [1.165, 1.54) is 23.4 Å². The van der Waals surface area contributed by atoms with Gasteiger partial charge in [0.15, 0.2) is 0 Å². The topological polar surface area (TPSA) is 35.6 Å². The number of likely N-dealkylation sites (N-methyl/N-ethyl adjacent to an activating group) is 1. The molecule has 3 rings (SSSR count). The second-order valence-electron chi connectivity index (χ2n) is 7.49. The smallest absolute Gasteiger partial charge is 0.239 e. The van der Waals surface area contributed by atoms with E-state index in [0.717, 1.165) is 38.0 Å². The van der Waals surface area contributed by atoms with Crippen LogP contribution in [0.15, 0.2) is 48.5 Å². The molecule has 1 aliphatic heterocycles. The Morgan fingerprint density at radius 3 is 2.68 bits per heavy atom. The third-order valence-corrected chi connectivity index (χ3v) is 5.27. The number of halogens is 1. The van der Waals surface area contributed by atoms with Crippen LogP contribution in [-0.4, -0.2) is 38.1 Å². The molecule has 2 aromatic carbocycles. The molecule has 0 saturated carbocycles. The molecular formula is C23H30FN3O.